The number of hydrogen-bond donors (Lipinski definition) is 0. The van der Waals surface area contributed by atoms with Gasteiger partial charge in [-0.3, -0.25) is 4.31 Å². The number of para-hydroxylation sites is 1. The molecule has 0 saturated carbocycles. The van der Waals surface area contributed by atoms with Crippen LogP contribution in [0.3, 0.4) is 0 Å². The van der Waals surface area contributed by atoms with E-state index in [9.17, 15) is 13.2 Å². The summed E-state index contributed by atoms with van der Waals surface area (Å²) in [5, 5.41) is 0.996. The van der Waals surface area contributed by atoms with Crippen LogP contribution in [0.5, 0.6) is 0 Å². The highest BCUT2D eigenvalue weighted by molar-refractivity contribution is 7.92. The van der Waals surface area contributed by atoms with Gasteiger partial charge in [0.2, 0.25) is 10.0 Å². The minimum Gasteiger partial charge on any atom is -0.444 e. The fourth-order valence-corrected chi connectivity index (χ4v) is 7.03. The van der Waals surface area contributed by atoms with Crippen LogP contribution < -0.4 is 4.31 Å². The quantitative estimate of drug-likeness (QED) is 0.384. The summed E-state index contributed by atoms with van der Waals surface area (Å²) in [5.74, 6) is 0.0427. The summed E-state index contributed by atoms with van der Waals surface area (Å²) in [7, 11) is -1.58. The van der Waals surface area contributed by atoms with Gasteiger partial charge in [0, 0.05) is 31.5 Å². The lowest BCUT2D eigenvalue weighted by Gasteiger charge is -2.40. The van der Waals surface area contributed by atoms with Gasteiger partial charge >= 0.3 is 6.09 Å². The zero-order chi connectivity index (χ0) is 28.6. The lowest BCUT2D eigenvalue weighted by molar-refractivity contribution is 0.0284. The van der Waals surface area contributed by atoms with Gasteiger partial charge in [0.25, 0.3) is 0 Å². The van der Waals surface area contributed by atoms with Gasteiger partial charge in [-0.1, -0.05) is 47.5 Å². The maximum Gasteiger partial charge on any atom is 0.410 e. The highest BCUT2D eigenvalue weighted by Gasteiger charge is 2.46. The Hall–Kier alpha value is -2.00. The van der Waals surface area contributed by atoms with Gasteiger partial charge in [-0.2, -0.15) is 0 Å². The van der Waals surface area contributed by atoms with Gasteiger partial charge in [0.15, 0.2) is 0 Å². The average molecular weight is 597 g/mol. The molecule has 1 atom stereocenters. The van der Waals surface area contributed by atoms with Crippen molar-refractivity contribution in [2.24, 2.45) is 0 Å². The maximum absolute atomic E-state index is 12.7. The van der Waals surface area contributed by atoms with E-state index in [0.29, 0.717) is 23.1 Å². The Kier molecular flexibility index (Phi) is 8.82. The van der Waals surface area contributed by atoms with E-state index in [4.69, 9.17) is 27.9 Å². The van der Waals surface area contributed by atoms with Crippen LogP contribution in [-0.4, -0.2) is 75.9 Å². The van der Waals surface area contributed by atoms with E-state index in [1.807, 2.05) is 51.1 Å². The fraction of sp³-hybridized carbons (Fsp3) is 0.552. The van der Waals surface area contributed by atoms with Crippen LogP contribution in [0.4, 0.5) is 10.5 Å². The zero-order valence-electron chi connectivity index (χ0n) is 23.4. The summed E-state index contributed by atoms with van der Waals surface area (Å²) in [4.78, 5) is 16.8. The molecule has 1 spiro atoms. The third kappa shape index (κ3) is 7.02. The van der Waals surface area contributed by atoms with Gasteiger partial charge in [0.1, 0.15) is 5.60 Å². The molecule has 2 aromatic carbocycles. The molecule has 0 bridgehead atoms. The molecule has 1 fully saturated rings. The topological polar surface area (TPSA) is 70.2 Å². The van der Waals surface area contributed by atoms with E-state index < -0.39 is 15.6 Å². The minimum absolute atomic E-state index is 0.0427. The standard InChI is InChI=1S/C29H39Cl2N3O4S/c1-28(2,3)38-27(35)32(4)19-22(21-10-11-24(30)25(31)18-21)12-15-33-16-13-29(14-17-33)20-34(39(5,36)37)26-9-7-6-8-23(26)29/h6-11,18,22H,12-17,19-20H2,1-5H3/t22-/m1/s1. The second-order valence-electron chi connectivity index (χ2n) is 11.9. The van der Waals surface area contributed by atoms with E-state index in [-0.39, 0.29) is 17.4 Å². The van der Waals surface area contributed by atoms with E-state index >= 15 is 0 Å². The van der Waals surface area contributed by atoms with Gasteiger partial charge in [-0.05, 0) is 89.0 Å². The van der Waals surface area contributed by atoms with Crippen LogP contribution in [-0.2, 0) is 20.2 Å². The molecule has 10 heteroatoms. The Bertz CT molecular complexity index is 1300. The number of hydrogen-bond acceptors (Lipinski definition) is 5. The smallest absolute Gasteiger partial charge is 0.410 e. The number of benzene rings is 2. The highest BCUT2D eigenvalue weighted by atomic mass is 35.5. The average Bonchev–Trinajstić information content (AvgIpc) is 3.18. The lowest BCUT2D eigenvalue weighted by atomic mass is 9.74. The number of piperidine rings is 1. The molecule has 4 rings (SSSR count). The lowest BCUT2D eigenvalue weighted by Crippen LogP contribution is -2.46. The van der Waals surface area contributed by atoms with Crippen LogP contribution >= 0.6 is 23.2 Å². The van der Waals surface area contributed by atoms with Crippen molar-refractivity contribution >= 4 is 45.0 Å². The fourth-order valence-electron chi connectivity index (χ4n) is 5.73. The summed E-state index contributed by atoms with van der Waals surface area (Å²) in [6.45, 7) is 9.17. The van der Waals surface area contributed by atoms with Crippen LogP contribution in [0.2, 0.25) is 10.0 Å². The van der Waals surface area contributed by atoms with Gasteiger partial charge in [0.05, 0.1) is 22.0 Å². The normalized spacial score (nSPS) is 18.2. The van der Waals surface area contributed by atoms with Crippen LogP contribution in [0.1, 0.15) is 57.1 Å². The number of anilines is 1. The van der Waals surface area contributed by atoms with Crippen molar-refractivity contribution in [2.75, 3.05) is 50.3 Å². The summed E-state index contributed by atoms with van der Waals surface area (Å²) < 4.78 is 32.2. The Morgan fingerprint density at radius 3 is 2.38 bits per heavy atom. The molecule has 0 aromatic heterocycles. The van der Waals surface area contributed by atoms with Gasteiger partial charge in [-0.15, -0.1) is 0 Å². The summed E-state index contributed by atoms with van der Waals surface area (Å²) >= 11 is 12.5. The first kappa shape index (κ1) is 30.0. The first-order valence-electron chi connectivity index (χ1n) is 13.4. The number of likely N-dealkylation sites (tertiary alicyclic amines) is 1. The van der Waals surface area contributed by atoms with Crippen LogP contribution in [0, 0.1) is 0 Å². The second-order valence-corrected chi connectivity index (χ2v) is 14.6. The van der Waals surface area contributed by atoms with Gasteiger partial charge in [-0.25, -0.2) is 13.2 Å². The molecule has 214 valence electrons. The van der Waals surface area contributed by atoms with Crippen LogP contribution in [0.25, 0.3) is 0 Å². The first-order valence-corrected chi connectivity index (χ1v) is 16.0. The number of sulfonamides is 1. The van der Waals surface area contributed by atoms with E-state index in [1.54, 1.807) is 22.3 Å². The number of rotatable bonds is 7. The maximum atomic E-state index is 12.7. The Morgan fingerprint density at radius 2 is 1.77 bits per heavy atom. The molecule has 7 nitrogen and oxygen atoms in total. The SMILES string of the molecule is CN(C[C@@H](CCN1CCC2(CC1)CN(S(C)(=O)=O)c1ccccc12)c1ccc(Cl)c(Cl)c1)C(=O)OC(C)(C)C. The molecule has 0 N–H and O–H groups in total. The number of nitrogens with zero attached hydrogens (tertiary/aromatic N) is 3. The van der Waals surface area contributed by atoms with Crippen molar-refractivity contribution in [2.45, 2.75) is 57.0 Å². The third-order valence-corrected chi connectivity index (χ3v) is 9.68. The highest BCUT2D eigenvalue weighted by Crippen LogP contribution is 2.47. The van der Waals surface area contributed by atoms with Crippen molar-refractivity contribution in [1.29, 1.82) is 0 Å². The number of fused-ring (bicyclic) bond motifs is 2. The van der Waals surface area contributed by atoms with E-state index in [1.165, 1.54) is 6.26 Å². The number of amides is 1. The largest absolute Gasteiger partial charge is 0.444 e. The van der Waals surface area contributed by atoms with Crippen molar-refractivity contribution in [3.63, 3.8) is 0 Å². The molecule has 1 amide bonds. The third-order valence-electron chi connectivity index (χ3n) is 7.81. The van der Waals surface area contributed by atoms with Crippen molar-refractivity contribution in [3.8, 4) is 0 Å². The summed E-state index contributed by atoms with van der Waals surface area (Å²) in [6, 6.07) is 13.6. The molecule has 2 heterocycles. The number of carbonyl (C=O) groups excluding carboxylic acids is 1. The summed E-state index contributed by atoms with van der Waals surface area (Å²) in [5.41, 5.74) is 2.26. The monoisotopic (exact) mass is 595 g/mol. The minimum atomic E-state index is -3.34. The Labute approximate surface area is 243 Å². The van der Waals surface area contributed by atoms with Crippen LogP contribution in [0.15, 0.2) is 42.5 Å². The molecular formula is C29H39Cl2N3O4S. The Balaban J connectivity index is 1.44. The molecule has 2 aliphatic heterocycles. The molecule has 1 saturated heterocycles. The molecule has 0 aliphatic carbocycles. The van der Waals surface area contributed by atoms with E-state index in [2.05, 4.69) is 11.0 Å². The zero-order valence-corrected chi connectivity index (χ0v) is 25.7. The number of halogens is 2. The molecule has 0 radical (unpaired) electrons. The molecule has 2 aliphatic rings. The van der Waals surface area contributed by atoms with Gasteiger partial charge < -0.3 is 14.5 Å². The molecule has 39 heavy (non-hydrogen) atoms. The molecule has 0 unspecified atom stereocenters. The number of carbonyl (C=O) groups is 1. The summed E-state index contributed by atoms with van der Waals surface area (Å²) in [6.07, 6.45) is 3.54. The predicted octanol–water partition coefficient (Wildman–Crippen LogP) is 6.15. The number of likely N-dealkylation sites (N-methyl/N-ethyl adjacent to an activating group) is 1. The van der Waals surface area contributed by atoms with Crippen molar-refractivity contribution in [3.05, 3.63) is 63.6 Å². The number of ether oxygens (including phenoxy) is 1. The van der Waals surface area contributed by atoms with E-state index in [0.717, 1.165) is 55.7 Å². The molecule has 2 aromatic rings. The van der Waals surface area contributed by atoms with Crippen molar-refractivity contribution in [1.82, 2.24) is 9.80 Å². The Morgan fingerprint density at radius 1 is 1.10 bits per heavy atom. The molecular weight excluding hydrogens is 557 g/mol. The van der Waals surface area contributed by atoms with Crippen molar-refractivity contribution < 1.29 is 17.9 Å². The first-order chi connectivity index (χ1) is 18.2. The predicted molar refractivity (Wildman–Crippen MR) is 159 cm³/mol. The second kappa shape index (κ2) is 11.5.